The third kappa shape index (κ3) is 5.12. The molecule has 30 heavy (non-hydrogen) atoms. The number of carbonyl (C=O) groups is 1. The molecule has 11 heteroatoms. The molecule has 0 aliphatic carbocycles. The minimum absolute atomic E-state index is 0.0371. The predicted molar refractivity (Wildman–Crippen MR) is 102 cm³/mol. The highest BCUT2D eigenvalue weighted by Crippen LogP contribution is 2.30. The zero-order valence-electron chi connectivity index (χ0n) is 15.5. The van der Waals surface area contributed by atoms with Crippen LogP contribution in [-0.4, -0.2) is 45.0 Å². The molecule has 0 unspecified atom stereocenters. The van der Waals surface area contributed by atoms with Gasteiger partial charge in [-0.05, 0) is 35.9 Å². The van der Waals surface area contributed by atoms with E-state index in [9.17, 15) is 26.4 Å². The molecule has 1 fully saturated rings. The topological polar surface area (TPSA) is 72.9 Å². The lowest BCUT2D eigenvalue weighted by atomic mass is 10.1. The van der Waals surface area contributed by atoms with E-state index >= 15 is 0 Å². The lowest BCUT2D eigenvalue weighted by Crippen LogP contribution is -2.40. The van der Waals surface area contributed by atoms with Gasteiger partial charge in [-0.15, -0.1) is 0 Å². The number of rotatable bonds is 5. The fraction of sp³-hybridized carbons (Fsp3) is 0.316. The number of esters is 1. The highest BCUT2D eigenvalue weighted by atomic mass is 35.5. The molecule has 0 N–H and O–H groups in total. The summed E-state index contributed by atoms with van der Waals surface area (Å²) in [5, 5.41) is -0.0371. The van der Waals surface area contributed by atoms with Crippen molar-refractivity contribution in [2.24, 2.45) is 0 Å². The van der Waals surface area contributed by atoms with Crippen molar-refractivity contribution in [2.45, 2.75) is 17.7 Å². The quantitative estimate of drug-likeness (QED) is 0.632. The lowest BCUT2D eigenvalue weighted by molar-refractivity contribution is -0.137. The maximum atomic E-state index is 12.8. The van der Waals surface area contributed by atoms with Crippen molar-refractivity contribution >= 4 is 27.6 Å². The molecule has 2 aromatic carbocycles. The molecular weight excluding hydrogens is 447 g/mol. The minimum Gasteiger partial charge on any atom is -0.457 e. The van der Waals surface area contributed by atoms with Gasteiger partial charge in [0.15, 0.2) is 0 Å². The van der Waals surface area contributed by atoms with Crippen LogP contribution < -0.4 is 0 Å². The number of hydrogen-bond donors (Lipinski definition) is 0. The fourth-order valence-corrected chi connectivity index (χ4v) is 4.45. The van der Waals surface area contributed by atoms with Crippen LogP contribution in [0.15, 0.2) is 47.4 Å². The third-order valence-corrected chi connectivity index (χ3v) is 6.61. The van der Waals surface area contributed by atoms with E-state index in [1.54, 1.807) is 0 Å². The molecule has 2 aromatic rings. The van der Waals surface area contributed by atoms with Crippen molar-refractivity contribution in [3.8, 4) is 0 Å². The van der Waals surface area contributed by atoms with Crippen LogP contribution >= 0.6 is 11.6 Å². The average Bonchev–Trinajstić information content (AvgIpc) is 2.72. The number of benzene rings is 2. The standard InChI is InChI=1S/C19H17ClF3NO5S/c20-17-5-4-15(30(26,27)24-6-8-28-9-7-24)11-16(17)18(25)29-12-13-2-1-3-14(10-13)19(21,22)23/h1-5,10-11H,6-9,12H2. The first-order chi connectivity index (χ1) is 14.1. The molecule has 1 aliphatic heterocycles. The SMILES string of the molecule is O=C(OCc1cccc(C(F)(F)F)c1)c1cc(S(=O)(=O)N2CCOCC2)ccc1Cl. The Hall–Kier alpha value is -2.14. The normalized spacial score (nSPS) is 15.7. The van der Waals surface area contributed by atoms with E-state index in [0.29, 0.717) is 0 Å². The fourth-order valence-electron chi connectivity index (χ4n) is 2.82. The van der Waals surface area contributed by atoms with Gasteiger partial charge in [-0.1, -0.05) is 23.7 Å². The zero-order chi connectivity index (χ0) is 21.9. The Morgan fingerprint density at radius 3 is 2.50 bits per heavy atom. The van der Waals surface area contributed by atoms with Crippen LogP contribution in [0.4, 0.5) is 13.2 Å². The van der Waals surface area contributed by atoms with Crippen molar-refractivity contribution in [2.75, 3.05) is 26.3 Å². The summed E-state index contributed by atoms with van der Waals surface area (Å²) in [5.41, 5.74) is -0.933. The van der Waals surface area contributed by atoms with Gasteiger partial charge in [0.25, 0.3) is 0 Å². The maximum Gasteiger partial charge on any atom is 0.416 e. The van der Waals surface area contributed by atoms with Gasteiger partial charge in [0.05, 0.1) is 34.3 Å². The lowest BCUT2D eigenvalue weighted by Gasteiger charge is -2.26. The monoisotopic (exact) mass is 463 g/mol. The van der Waals surface area contributed by atoms with Gasteiger partial charge >= 0.3 is 12.1 Å². The van der Waals surface area contributed by atoms with Gasteiger partial charge < -0.3 is 9.47 Å². The van der Waals surface area contributed by atoms with Crippen LogP contribution in [-0.2, 0) is 32.3 Å². The van der Waals surface area contributed by atoms with Crippen LogP contribution in [0.3, 0.4) is 0 Å². The maximum absolute atomic E-state index is 12.8. The van der Waals surface area contributed by atoms with Crippen molar-refractivity contribution in [3.63, 3.8) is 0 Å². The molecule has 0 atom stereocenters. The van der Waals surface area contributed by atoms with Gasteiger partial charge in [0.2, 0.25) is 10.0 Å². The average molecular weight is 464 g/mol. The molecule has 162 valence electrons. The number of nitrogens with zero attached hydrogens (tertiary/aromatic N) is 1. The molecule has 1 heterocycles. The highest BCUT2D eigenvalue weighted by Gasteiger charge is 2.31. The first kappa shape index (κ1) is 22.5. The van der Waals surface area contributed by atoms with Gasteiger partial charge in [0, 0.05) is 13.1 Å². The summed E-state index contributed by atoms with van der Waals surface area (Å²) in [7, 11) is -3.86. The smallest absolute Gasteiger partial charge is 0.416 e. The number of alkyl halides is 3. The van der Waals surface area contributed by atoms with E-state index < -0.39 is 34.3 Å². The molecular formula is C19H17ClF3NO5S. The number of carbonyl (C=O) groups excluding carboxylic acids is 1. The molecule has 0 amide bonds. The second kappa shape index (κ2) is 8.93. The van der Waals surface area contributed by atoms with Gasteiger partial charge in [-0.3, -0.25) is 0 Å². The second-order valence-electron chi connectivity index (χ2n) is 6.43. The highest BCUT2D eigenvalue weighted by molar-refractivity contribution is 7.89. The van der Waals surface area contributed by atoms with Crippen molar-refractivity contribution in [1.82, 2.24) is 4.31 Å². The largest absolute Gasteiger partial charge is 0.457 e. The van der Waals surface area contributed by atoms with Gasteiger partial charge in [-0.2, -0.15) is 17.5 Å². The number of sulfonamides is 1. The molecule has 1 saturated heterocycles. The number of ether oxygens (including phenoxy) is 2. The van der Waals surface area contributed by atoms with Crippen LogP contribution in [0.5, 0.6) is 0 Å². The summed E-state index contributed by atoms with van der Waals surface area (Å²) in [6.07, 6.45) is -4.52. The third-order valence-electron chi connectivity index (χ3n) is 4.39. The summed E-state index contributed by atoms with van der Waals surface area (Å²) in [6, 6.07) is 7.99. The molecule has 0 saturated carbocycles. The van der Waals surface area contributed by atoms with E-state index in [-0.39, 0.29) is 47.3 Å². The summed E-state index contributed by atoms with van der Waals surface area (Å²) in [5.74, 6) is -0.948. The predicted octanol–water partition coefficient (Wildman–Crippen LogP) is 3.74. The van der Waals surface area contributed by atoms with Gasteiger partial charge in [0.1, 0.15) is 6.61 Å². The van der Waals surface area contributed by atoms with Crippen molar-refractivity contribution in [3.05, 3.63) is 64.2 Å². The second-order valence-corrected chi connectivity index (χ2v) is 8.78. The van der Waals surface area contributed by atoms with Crippen LogP contribution in [0.1, 0.15) is 21.5 Å². The minimum atomic E-state index is -4.52. The van der Waals surface area contributed by atoms with Gasteiger partial charge in [-0.25, -0.2) is 13.2 Å². The summed E-state index contributed by atoms with van der Waals surface area (Å²) in [4.78, 5) is 12.3. The van der Waals surface area contributed by atoms with E-state index in [4.69, 9.17) is 21.1 Å². The molecule has 6 nitrogen and oxygen atoms in total. The summed E-state index contributed by atoms with van der Waals surface area (Å²) >= 11 is 6.02. The van der Waals surface area contributed by atoms with Crippen LogP contribution in [0, 0.1) is 0 Å². The Morgan fingerprint density at radius 2 is 1.83 bits per heavy atom. The van der Waals surface area contributed by atoms with Crippen LogP contribution in [0.2, 0.25) is 5.02 Å². The first-order valence-electron chi connectivity index (χ1n) is 8.80. The van der Waals surface area contributed by atoms with Crippen molar-refractivity contribution in [1.29, 1.82) is 0 Å². The molecule has 1 aliphatic rings. The Balaban J connectivity index is 1.77. The number of hydrogen-bond acceptors (Lipinski definition) is 5. The van der Waals surface area contributed by atoms with E-state index in [2.05, 4.69) is 0 Å². The Kier molecular flexibility index (Phi) is 6.71. The first-order valence-corrected chi connectivity index (χ1v) is 10.6. The molecule has 0 bridgehead atoms. The number of morpholine rings is 1. The molecule has 3 rings (SSSR count). The van der Waals surface area contributed by atoms with Crippen LogP contribution in [0.25, 0.3) is 0 Å². The van der Waals surface area contributed by atoms with E-state index in [0.717, 1.165) is 18.2 Å². The Labute approximate surface area is 176 Å². The van der Waals surface area contributed by atoms with Crippen molar-refractivity contribution < 1.29 is 35.9 Å². The molecule has 0 spiro atoms. The molecule has 0 radical (unpaired) electrons. The zero-order valence-corrected chi connectivity index (χ0v) is 17.1. The summed E-state index contributed by atoms with van der Waals surface area (Å²) < 4.78 is 75.3. The Morgan fingerprint density at radius 1 is 1.13 bits per heavy atom. The molecule has 0 aromatic heterocycles. The van der Waals surface area contributed by atoms with E-state index in [1.165, 1.54) is 28.6 Å². The Bertz CT molecular complexity index is 1040. The number of halogens is 4. The van der Waals surface area contributed by atoms with E-state index in [1.807, 2.05) is 0 Å². The summed E-state index contributed by atoms with van der Waals surface area (Å²) in [6.45, 7) is 0.456.